The van der Waals surface area contributed by atoms with E-state index in [9.17, 15) is 0 Å². The first-order valence-corrected chi connectivity index (χ1v) is 7.39. The summed E-state index contributed by atoms with van der Waals surface area (Å²) in [4.78, 5) is 0. The van der Waals surface area contributed by atoms with Crippen LogP contribution >= 0.6 is 0 Å². The van der Waals surface area contributed by atoms with Crippen LogP contribution in [-0.2, 0) is 0 Å². The number of hydrogen-bond acceptors (Lipinski definition) is 1. The van der Waals surface area contributed by atoms with Crippen molar-refractivity contribution in [2.75, 3.05) is 6.61 Å². The molecular weight excluding hydrogens is 547 g/mol. The van der Waals surface area contributed by atoms with Gasteiger partial charge in [-0.3, -0.25) is 0 Å². The molecule has 1 nitrogen and oxygen atoms in total. The zero-order chi connectivity index (χ0) is 15.5. The summed E-state index contributed by atoms with van der Waals surface area (Å²) >= 11 is 0. The van der Waals surface area contributed by atoms with Gasteiger partial charge in [0, 0.05) is 0 Å². The van der Waals surface area contributed by atoms with Gasteiger partial charge in [-0.05, 0) is 42.7 Å². The molecule has 25 heavy (non-hydrogen) atoms. The summed E-state index contributed by atoms with van der Waals surface area (Å²) < 4.78 is 5.48. The van der Waals surface area contributed by atoms with Crippen molar-refractivity contribution in [1.29, 1.82) is 0 Å². The van der Waals surface area contributed by atoms with E-state index in [0.29, 0.717) is 6.61 Å². The molecule has 4 radical (unpaired) electrons. The summed E-state index contributed by atoms with van der Waals surface area (Å²) in [6, 6.07) is 31.0. The summed E-state index contributed by atoms with van der Waals surface area (Å²) in [7, 11) is 0. The molecule has 3 aromatic rings. The zero-order valence-corrected chi connectivity index (χ0v) is 19.9. The van der Waals surface area contributed by atoms with Crippen molar-refractivity contribution in [3.8, 4) is 16.9 Å². The van der Waals surface area contributed by atoms with Gasteiger partial charge < -0.3 is 38.7 Å². The Kier molecular flexibility index (Phi) is 17.6. The van der Waals surface area contributed by atoms with Crippen LogP contribution in [0.15, 0.2) is 84.9 Å². The van der Waals surface area contributed by atoms with Crippen LogP contribution in [0.1, 0.15) is 6.42 Å². The fourth-order valence-corrected chi connectivity index (χ4v) is 1.91. The second-order valence-electron chi connectivity index (χ2n) is 4.67. The number of rotatable bonds is 4. The molecule has 3 rings (SSSR count). The Morgan fingerprint density at radius 3 is 1.68 bits per heavy atom. The van der Waals surface area contributed by atoms with Gasteiger partial charge in [-0.1, -0.05) is 72.8 Å². The smallest absolute Gasteiger partial charge is 1.00 e. The van der Waals surface area contributed by atoms with E-state index >= 15 is 0 Å². The average Bonchev–Trinajstić information content (AvgIpc) is 2.63. The quantitative estimate of drug-likeness (QED) is 0.371. The van der Waals surface area contributed by atoms with Gasteiger partial charge in [-0.25, -0.2) is 0 Å². The van der Waals surface area contributed by atoms with Crippen molar-refractivity contribution in [2.45, 2.75) is 6.42 Å². The average molecular weight is 567 g/mol. The molecule has 0 saturated heterocycles. The van der Waals surface area contributed by atoms with Crippen LogP contribution < -0.4 is 38.7 Å². The van der Waals surface area contributed by atoms with Gasteiger partial charge in [0.1, 0.15) is 5.75 Å². The monoisotopic (exact) mass is 566 g/mol. The molecular formula is C21H20Br2OSn. The zero-order valence-electron chi connectivity index (χ0n) is 13.9. The molecule has 0 saturated carbocycles. The summed E-state index contributed by atoms with van der Waals surface area (Å²) in [5.74, 6) is 0.906. The van der Waals surface area contributed by atoms with E-state index in [2.05, 4.69) is 37.3 Å². The Balaban J connectivity index is 0. The van der Waals surface area contributed by atoms with Gasteiger partial charge in [-0.2, -0.15) is 0 Å². The fraction of sp³-hybridized carbons (Fsp3) is 0.0952. The van der Waals surface area contributed by atoms with Crippen molar-refractivity contribution in [3.63, 3.8) is 0 Å². The maximum atomic E-state index is 5.48. The molecule has 0 aliphatic rings. The minimum atomic E-state index is 0. The van der Waals surface area contributed by atoms with E-state index in [4.69, 9.17) is 4.74 Å². The Hall–Kier alpha value is -0.781. The summed E-state index contributed by atoms with van der Waals surface area (Å²) in [6.07, 6.45) is 0.792. The molecule has 0 unspecified atom stereocenters. The van der Waals surface area contributed by atoms with Gasteiger partial charge in [-0.15, -0.1) is 0 Å². The molecule has 0 N–H and O–H groups in total. The SMILES string of the molecule is [Br-].[Br-].[CH2]CCOc1ccc(-c2ccccc2)cc1.[Sn+2].[c]1ccccc1. The van der Waals surface area contributed by atoms with Gasteiger partial charge in [0.15, 0.2) is 0 Å². The molecule has 128 valence electrons. The van der Waals surface area contributed by atoms with E-state index in [1.807, 2.05) is 60.7 Å². The molecule has 0 aliphatic carbocycles. The standard InChI is InChI=1S/C15H15O.C6H5.2BrH.Sn/c1-2-12-16-15-10-8-14(9-11-15)13-6-4-3-5-7-13;1-2-4-6-5-3-1;;;/h3-11H,1-2,12H2;1-5H;2*1H;/q;;;;+2/p-2. The van der Waals surface area contributed by atoms with E-state index in [-0.39, 0.29) is 57.9 Å². The Bertz CT molecular complexity index is 604. The molecule has 0 aromatic heterocycles. The van der Waals surface area contributed by atoms with Crippen molar-refractivity contribution in [1.82, 2.24) is 0 Å². The number of hydrogen-bond donors (Lipinski definition) is 0. The topological polar surface area (TPSA) is 9.23 Å². The molecule has 0 fully saturated rings. The number of halogens is 2. The van der Waals surface area contributed by atoms with Crippen LogP contribution in [0.3, 0.4) is 0 Å². The largest absolute Gasteiger partial charge is 2.00 e. The van der Waals surface area contributed by atoms with Crippen molar-refractivity contribution in [3.05, 3.63) is 97.9 Å². The van der Waals surface area contributed by atoms with Crippen molar-refractivity contribution in [2.24, 2.45) is 0 Å². The number of benzene rings is 3. The minimum absolute atomic E-state index is 0. The predicted octanol–water partition coefficient (Wildman–Crippen LogP) is -0.929. The summed E-state index contributed by atoms with van der Waals surface area (Å²) in [6.45, 7) is 4.41. The van der Waals surface area contributed by atoms with E-state index < -0.39 is 0 Å². The second kappa shape index (κ2) is 16.7. The normalized spacial score (nSPS) is 8.36. The van der Waals surface area contributed by atoms with Gasteiger partial charge in [0.25, 0.3) is 0 Å². The molecule has 0 bridgehead atoms. The van der Waals surface area contributed by atoms with E-state index in [1.54, 1.807) is 0 Å². The first-order chi connectivity index (χ1) is 10.9. The predicted molar refractivity (Wildman–Crippen MR) is 98.4 cm³/mol. The Labute approximate surface area is 189 Å². The van der Waals surface area contributed by atoms with Crippen molar-refractivity contribution < 1.29 is 38.7 Å². The molecule has 0 amide bonds. The third kappa shape index (κ3) is 10.7. The van der Waals surface area contributed by atoms with Crippen LogP contribution in [0.5, 0.6) is 5.75 Å². The van der Waals surface area contributed by atoms with Gasteiger partial charge >= 0.3 is 23.9 Å². The third-order valence-electron chi connectivity index (χ3n) is 2.98. The summed E-state index contributed by atoms with van der Waals surface area (Å²) in [5, 5.41) is 0. The molecule has 0 heterocycles. The summed E-state index contributed by atoms with van der Waals surface area (Å²) in [5.41, 5.74) is 2.44. The van der Waals surface area contributed by atoms with Crippen LogP contribution in [0.4, 0.5) is 0 Å². The second-order valence-corrected chi connectivity index (χ2v) is 4.67. The molecule has 0 aliphatic heterocycles. The maximum Gasteiger partial charge on any atom is 2.00 e. The van der Waals surface area contributed by atoms with Crippen LogP contribution in [0.2, 0.25) is 0 Å². The number of ether oxygens (including phenoxy) is 1. The van der Waals surface area contributed by atoms with Crippen LogP contribution in [0.25, 0.3) is 11.1 Å². The molecule has 3 aromatic carbocycles. The van der Waals surface area contributed by atoms with E-state index in [0.717, 1.165) is 12.2 Å². The fourth-order valence-electron chi connectivity index (χ4n) is 1.91. The minimum Gasteiger partial charge on any atom is -1.00 e. The maximum absolute atomic E-state index is 5.48. The Morgan fingerprint density at radius 1 is 0.720 bits per heavy atom. The van der Waals surface area contributed by atoms with Crippen LogP contribution in [0, 0.1) is 13.0 Å². The Morgan fingerprint density at radius 2 is 1.24 bits per heavy atom. The molecule has 0 atom stereocenters. The first-order valence-electron chi connectivity index (χ1n) is 7.39. The van der Waals surface area contributed by atoms with Crippen molar-refractivity contribution >= 4 is 23.9 Å². The van der Waals surface area contributed by atoms with E-state index in [1.165, 1.54) is 11.1 Å². The molecule has 4 heteroatoms. The third-order valence-corrected chi connectivity index (χ3v) is 2.98. The van der Waals surface area contributed by atoms with Crippen LogP contribution in [-0.4, -0.2) is 30.5 Å². The van der Waals surface area contributed by atoms with Gasteiger partial charge in [0.2, 0.25) is 0 Å². The molecule has 0 spiro atoms. The van der Waals surface area contributed by atoms with Gasteiger partial charge in [0.05, 0.1) is 6.61 Å². The first kappa shape index (κ1) is 26.4.